The molecule has 34 heavy (non-hydrogen) atoms. The molecule has 0 radical (unpaired) electrons. The third kappa shape index (κ3) is 5.08. The molecule has 0 saturated heterocycles. The topological polar surface area (TPSA) is 109 Å². The Balaban J connectivity index is 1.98. The maximum absolute atomic E-state index is 13.1. The maximum atomic E-state index is 13.1. The zero-order chi connectivity index (χ0) is 24.8. The monoisotopic (exact) mass is 502 g/mol. The first-order chi connectivity index (χ1) is 16.3. The second-order valence-electron chi connectivity index (χ2n) is 6.73. The largest absolute Gasteiger partial charge is 0.493 e. The summed E-state index contributed by atoms with van der Waals surface area (Å²) in [6, 6.07) is 13.6. The molecule has 0 spiro atoms. The van der Waals surface area contributed by atoms with Crippen LogP contribution in [0.15, 0.2) is 59.7 Å². The fourth-order valence-electron chi connectivity index (χ4n) is 3.16. The van der Waals surface area contributed by atoms with Gasteiger partial charge in [-0.1, -0.05) is 35.3 Å². The summed E-state index contributed by atoms with van der Waals surface area (Å²) in [5.41, 5.74) is 0.308. The van der Waals surface area contributed by atoms with Crippen molar-refractivity contribution in [1.29, 1.82) is 0 Å². The van der Waals surface area contributed by atoms with Crippen molar-refractivity contribution in [3.05, 3.63) is 81.3 Å². The Hall–Kier alpha value is -3.75. The van der Waals surface area contributed by atoms with E-state index in [4.69, 9.17) is 48.0 Å². The van der Waals surface area contributed by atoms with E-state index in [0.29, 0.717) is 10.8 Å². The lowest BCUT2D eigenvalue weighted by Crippen LogP contribution is -2.20. The number of nitrogens with two attached hydrogens (primary N) is 1. The second-order valence-corrected chi connectivity index (χ2v) is 7.57. The second kappa shape index (κ2) is 10.9. The number of halogens is 2. The van der Waals surface area contributed by atoms with Gasteiger partial charge in [0.1, 0.15) is 11.5 Å². The highest BCUT2D eigenvalue weighted by Gasteiger charge is 2.24. The van der Waals surface area contributed by atoms with Gasteiger partial charge < -0.3 is 24.8 Å². The van der Waals surface area contributed by atoms with Gasteiger partial charge in [0.15, 0.2) is 11.5 Å². The molecule has 176 valence electrons. The van der Waals surface area contributed by atoms with Crippen molar-refractivity contribution in [2.75, 3.05) is 21.3 Å². The number of benzene rings is 3. The lowest BCUT2D eigenvalue weighted by Gasteiger charge is -2.15. The van der Waals surface area contributed by atoms with E-state index in [1.165, 1.54) is 57.7 Å². The number of ketones is 1. The highest BCUT2D eigenvalue weighted by Crippen LogP contribution is 2.38. The first-order valence-corrected chi connectivity index (χ1v) is 10.5. The molecule has 0 aliphatic carbocycles. The van der Waals surface area contributed by atoms with Crippen LogP contribution >= 0.6 is 23.2 Å². The minimum absolute atomic E-state index is 0.0592. The van der Waals surface area contributed by atoms with Crippen molar-refractivity contribution in [1.82, 2.24) is 0 Å². The molecule has 3 rings (SSSR count). The van der Waals surface area contributed by atoms with E-state index in [1.54, 1.807) is 18.2 Å². The number of para-hydroxylation sites is 1. The molecule has 0 atom stereocenters. The van der Waals surface area contributed by atoms with Gasteiger partial charge in [-0.05, 0) is 42.5 Å². The zero-order valence-corrected chi connectivity index (χ0v) is 19.9. The molecule has 0 fully saturated rings. The predicted octanol–water partition coefficient (Wildman–Crippen LogP) is 4.78. The molecule has 3 aromatic rings. The van der Waals surface area contributed by atoms with Gasteiger partial charge in [0.25, 0.3) is 0 Å². The Kier molecular flexibility index (Phi) is 7.99. The number of nitrogens with zero attached hydrogens (tertiary/aromatic N) is 1. The van der Waals surface area contributed by atoms with E-state index >= 15 is 0 Å². The normalized spacial score (nSPS) is 11.0. The summed E-state index contributed by atoms with van der Waals surface area (Å²) >= 11 is 12.1. The summed E-state index contributed by atoms with van der Waals surface area (Å²) in [6.07, 6.45) is 0. The smallest absolute Gasteiger partial charge is 0.343 e. The number of methoxy groups -OCH3 is 3. The van der Waals surface area contributed by atoms with E-state index in [2.05, 4.69) is 5.10 Å². The van der Waals surface area contributed by atoms with Crippen LogP contribution in [-0.4, -0.2) is 38.8 Å². The average Bonchev–Trinajstić information content (AvgIpc) is 2.84. The van der Waals surface area contributed by atoms with E-state index in [-0.39, 0.29) is 44.7 Å². The van der Waals surface area contributed by atoms with Gasteiger partial charge >= 0.3 is 5.97 Å². The van der Waals surface area contributed by atoms with Crippen LogP contribution in [-0.2, 0) is 0 Å². The van der Waals surface area contributed by atoms with Gasteiger partial charge in [0, 0.05) is 16.1 Å². The van der Waals surface area contributed by atoms with E-state index in [9.17, 15) is 9.59 Å². The molecular weight excluding hydrogens is 483 g/mol. The number of hydrogen-bond donors (Lipinski definition) is 1. The van der Waals surface area contributed by atoms with Crippen LogP contribution in [0, 0.1) is 0 Å². The van der Waals surface area contributed by atoms with Crippen LogP contribution in [0.25, 0.3) is 0 Å². The van der Waals surface area contributed by atoms with Crippen LogP contribution in [0.4, 0.5) is 0 Å². The molecule has 0 aliphatic rings. The van der Waals surface area contributed by atoms with Gasteiger partial charge in [0.2, 0.25) is 11.5 Å². The Morgan fingerprint density at radius 1 is 0.824 bits per heavy atom. The Labute approximate surface area is 205 Å². The summed E-state index contributed by atoms with van der Waals surface area (Å²) in [5, 5.41) is 4.14. The summed E-state index contributed by atoms with van der Waals surface area (Å²) in [7, 11) is 4.31. The molecule has 0 unspecified atom stereocenters. The number of carbonyl (C=O) groups excluding carboxylic acids is 2. The van der Waals surface area contributed by atoms with Crippen molar-refractivity contribution >= 4 is 40.7 Å². The van der Waals surface area contributed by atoms with Crippen molar-refractivity contribution in [2.24, 2.45) is 10.9 Å². The van der Waals surface area contributed by atoms with Gasteiger partial charge in [-0.15, -0.1) is 0 Å². The molecule has 0 heterocycles. The lowest BCUT2D eigenvalue weighted by molar-refractivity contribution is 0.0733. The van der Waals surface area contributed by atoms with Crippen LogP contribution in [0.1, 0.15) is 26.3 Å². The molecule has 0 aromatic heterocycles. The third-order valence-electron chi connectivity index (χ3n) is 4.77. The van der Waals surface area contributed by atoms with Crippen molar-refractivity contribution in [2.45, 2.75) is 0 Å². The summed E-state index contributed by atoms with van der Waals surface area (Å²) in [5.74, 6) is 5.18. The summed E-state index contributed by atoms with van der Waals surface area (Å²) < 4.78 is 21.4. The number of hydrogen-bond acceptors (Lipinski definition) is 8. The molecule has 8 nitrogen and oxygen atoms in total. The summed E-state index contributed by atoms with van der Waals surface area (Å²) in [4.78, 5) is 26.1. The molecule has 2 N–H and O–H groups in total. The SMILES string of the molecule is COc1cc(C(=O)Oc2ccccc2/C(=N\N)C(=O)c2ccc(Cl)cc2Cl)cc(OC)c1OC. The number of rotatable bonds is 8. The van der Waals surface area contributed by atoms with Crippen molar-refractivity contribution in [3.63, 3.8) is 0 Å². The molecule has 0 amide bonds. The quantitative estimate of drug-likeness (QED) is 0.118. The maximum Gasteiger partial charge on any atom is 0.343 e. The average molecular weight is 503 g/mol. The fourth-order valence-corrected chi connectivity index (χ4v) is 3.65. The Morgan fingerprint density at radius 2 is 1.47 bits per heavy atom. The van der Waals surface area contributed by atoms with Crippen LogP contribution in [0.2, 0.25) is 10.0 Å². The minimum atomic E-state index is -0.736. The number of carbonyl (C=O) groups is 2. The molecular formula is C24H20Cl2N2O6. The minimum Gasteiger partial charge on any atom is -0.493 e. The van der Waals surface area contributed by atoms with Gasteiger partial charge in [-0.2, -0.15) is 5.10 Å². The highest BCUT2D eigenvalue weighted by molar-refractivity contribution is 6.54. The van der Waals surface area contributed by atoms with Crippen molar-refractivity contribution in [3.8, 4) is 23.0 Å². The predicted molar refractivity (Wildman–Crippen MR) is 129 cm³/mol. The first-order valence-electron chi connectivity index (χ1n) is 9.73. The van der Waals surface area contributed by atoms with E-state index in [0.717, 1.165) is 0 Å². The fraction of sp³-hybridized carbons (Fsp3) is 0.125. The molecule has 10 heteroatoms. The first kappa shape index (κ1) is 24.9. The van der Waals surface area contributed by atoms with Crippen LogP contribution in [0.5, 0.6) is 23.0 Å². The number of esters is 1. The Morgan fingerprint density at radius 3 is 2.03 bits per heavy atom. The van der Waals surface area contributed by atoms with Gasteiger partial charge in [-0.3, -0.25) is 4.79 Å². The highest BCUT2D eigenvalue weighted by atomic mass is 35.5. The molecule has 3 aromatic carbocycles. The molecule has 0 aliphatic heterocycles. The third-order valence-corrected chi connectivity index (χ3v) is 5.31. The summed E-state index contributed by atoms with van der Waals surface area (Å²) in [6.45, 7) is 0. The molecule has 0 saturated carbocycles. The number of hydrazone groups is 1. The lowest BCUT2D eigenvalue weighted by atomic mass is 10.00. The molecule has 0 bridgehead atoms. The van der Waals surface area contributed by atoms with E-state index < -0.39 is 11.8 Å². The zero-order valence-electron chi connectivity index (χ0n) is 18.4. The van der Waals surface area contributed by atoms with Crippen LogP contribution < -0.4 is 24.8 Å². The number of Topliss-reactive ketones (excluding diaryl/α,β-unsaturated/α-hetero) is 1. The van der Waals surface area contributed by atoms with Gasteiger partial charge in [-0.25, -0.2) is 4.79 Å². The number of ether oxygens (including phenoxy) is 4. The standard InChI is InChI=1S/C24H20Cl2N2O6/c1-31-19-10-13(11-20(32-2)23(19)33-3)24(30)34-18-7-5-4-6-16(18)21(28-27)22(29)15-9-8-14(25)12-17(15)26/h4-12H,27H2,1-3H3/b28-21+. The van der Waals surface area contributed by atoms with E-state index in [1.807, 2.05) is 0 Å². The Bertz CT molecular complexity index is 1250. The van der Waals surface area contributed by atoms with Crippen LogP contribution in [0.3, 0.4) is 0 Å². The van der Waals surface area contributed by atoms with Crippen molar-refractivity contribution < 1.29 is 28.5 Å². The van der Waals surface area contributed by atoms with Gasteiger partial charge in [0.05, 0.1) is 31.9 Å².